The van der Waals surface area contributed by atoms with Gasteiger partial charge in [0.15, 0.2) is 0 Å². The first kappa shape index (κ1) is 17.7. The number of para-hydroxylation sites is 1. The molecule has 1 aromatic heterocycles. The van der Waals surface area contributed by atoms with Gasteiger partial charge in [0.2, 0.25) is 5.78 Å². The fourth-order valence-corrected chi connectivity index (χ4v) is 3.69. The van der Waals surface area contributed by atoms with Gasteiger partial charge in [-0.1, -0.05) is 78.9 Å². The van der Waals surface area contributed by atoms with Gasteiger partial charge in [0.05, 0.1) is 5.92 Å². The Hall–Kier alpha value is -3.73. The van der Waals surface area contributed by atoms with Crippen molar-refractivity contribution in [1.82, 2.24) is 4.98 Å². The summed E-state index contributed by atoms with van der Waals surface area (Å²) in [4.78, 5) is 28.0. The molecule has 0 aliphatic carbocycles. The summed E-state index contributed by atoms with van der Waals surface area (Å²) < 4.78 is 0. The average Bonchev–Trinajstić information content (AvgIpc) is 3.16. The van der Waals surface area contributed by atoms with Crippen molar-refractivity contribution in [3.8, 4) is 0 Å². The van der Waals surface area contributed by atoms with Crippen LogP contribution in [-0.4, -0.2) is 21.7 Å². The third kappa shape index (κ3) is 3.18. The number of nitro groups is 1. The van der Waals surface area contributed by atoms with Crippen LogP contribution in [0.25, 0.3) is 10.9 Å². The van der Waals surface area contributed by atoms with Gasteiger partial charge in [-0.25, -0.2) is 0 Å². The molecule has 3 aromatic carbocycles. The summed E-state index contributed by atoms with van der Waals surface area (Å²) in [5.74, 6) is -1.20. The number of hydrogen-bond acceptors (Lipinski definition) is 3. The van der Waals surface area contributed by atoms with Crippen molar-refractivity contribution in [3.63, 3.8) is 0 Å². The lowest BCUT2D eigenvalue weighted by Gasteiger charge is -2.20. The van der Waals surface area contributed by atoms with E-state index in [4.69, 9.17) is 0 Å². The van der Waals surface area contributed by atoms with Gasteiger partial charge in [-0.3, -0.25) is 14.9 Å². The van der Waals surface area contributed by atoms with Crippen LogP contribution < -0.4 is 0 Å². The van der Waals surface area contributed by atoms with E-state index < -0.39 is 22.7 Å². The second kappa shape index (κ2) is 7.48. The standard InChI is InChI=1S/C23H18N2O3/c26-23(17-11-5-2-6-12-17)22(25(27)28)21(16-9-3-1-4-10-16)19-15-24-20-14-8-7-13-18(19)20/h1-15,21-22,24H/t21-,22+/m1/s1. The number of carbonyl (C=O) groups excluding carboxylic acids is 1. The monoisotopic (exact) mass is 370 g/mol. The van der Waals surface area contributed by atoms with E-state index in [1.165, 1.54) is 0 Å². The van der Waals surface area contributed by atoms with Crippen LogP contribution in [-0.2, 0) is 0 Å². The van der Waals surface area contributed by atoms with Gasteiger partial charge < -0.3 is 4.98 Å². The minimum Gasteiger partial charge on any atom is -0.361 e. The van der Waals surface area contributed by atoms with Crippen molar-refractivity contribution in [2.24, 2.45) is 0 Å². The van der Waals surface area contributed by atoms with E-state index in [1.807, 2.05) is 54.6 Å². The number of hydrogen-bond donors (Lipinski definition) is 1. The maximum Gasteiger partial charge on any atom is 0.285 e. The summed E-state index contributed by atoms with van der Waals surface area (Å²) >= 11 is 0. The number of fused-ring (bicyclic) bond motifs is 1. The van der Waals surface area contributed by atoms with Gasteiger partial charge in [0.25, 0.3) is 6.04 Å². The molecule has 2 atom stereocenters. The lowest BCUT2D eigenvalue weighted by atomic mass is 9.82. The first-order chi connectivity index (χ1) is 13.7. The predicted octanol–water partition coefficient (Wildman–Crippen LogP) is 4.83. The number of H-pyrrole nitrogens is 1. The van der Waals surface area contributed by atoms with Crippen LogP contribution in [0.1, 0.15) is 27.4 Å². The average molecular weight is 370 g/mol. The van der Waals surface area contributed by atoms with Gasteiger partial charge in [-0.15, -0.1) is 0 Å². The molecule has 1 N–H and O–H groups in total. The Balaban J connectivity index is 1.91. The lowest BCUT2D eigenvalue weighted by molar-refractivity contribution is -0.507. The summed E-state index contributed by atoms with van der Waals surface area (Å²) in [6, 6.07) is 23.9. The molecule has 0 aliphatic rings. The highest BCUT2D eigenvalue weighted by molar-refractivity contribution is 6.00. The van der Waals surface area contributed by atoms with Crippen molar-refractivity contribution in [3.05, 3.63) is 118 Å². The van der Waals surface area contributed by atoms with Crippen molar-refractivity contribution in [2.75, 3.05) is 0 Å². The Bertz CT molecular complexity index is 1120. The predicted molar refractivity (Wildman–Crippen MR) is 108 cm³/mol. The van der Waals surface area contributed by atoms with Gasteiger partial charge in [-0.2, -0.15) is 0 Å². The fraction of sp³-hybridized carbons (Fsp3) is 0.0870. The quantitative estimate of drug-likeness (QED) is 0.300. The first-order valence-corrected chi connectivity index (χ1v) is 9.00. The van der Waals surface area contributed by atoms with Gasteiger partial charge in [0.1, 0.15) is 0 Å². The first-order valence-electron chi connectivity index (χ1n) is 9.00. The molecular weight excluding hydrogens is 352 g/mol. The zero-order valence-corrected chi connectivity index (χ0v) is 15.0. The normalized spacial score (nSPS) is 13.1. The van der Waals surface area contributed by atoms with Crippen LogP contribution in [0.5, 0.6) is 0 Å². The molecule has 0 radical (unpaired) electrons. The maximum atomic E-state index is 13.2. The molecule has 0 spiro atoms. The van der Waals surface area contributed by atoms with E-state index in [0.717, 1.165) is 22.0 Å². The Morgan fingerprint density at radius 1 is 0.857 bits per heavy atom. The van der Waals surface area contributed by atoms with E-state index >= 15 is 0 Å². The smallest absolute Gasteiger partial charge is 0.285 e. The Labute approximate surface area is 161 Å². The SMILES string of the molecule is O=C(c1ccccc1)[C@H]([C@H](c1ccccc1)c1c[nH]c2ccccc12)[N+](=O)[O-]. The van der Waals surface area contributed by atoms with Crippen LogP contribution in [0.15, 0.2) is 91.1 Å². The molecule has 5 heteroatoms. The highest BCUT2D eigenvalue weighted by Gasteiger charge is 2.42. The molecule has 0 saturated heterocycles. The Morgan fingerprint density at radius 2 is 1.46 bits per heavy atom. The van der Waals surface area contributed by atoms with Crippen LogP contribution in [0.4, 0.5) is 0 Å². The van der Waals surface area contributed by atoms with Crippen LogP contribution in [0.3, 0.4) is 0 Å². The van der Waals surface area contributed by atoms with Crippen LogP contribution in [0.2, 0.25) is 0 Å². The van der Waals surface area contributed by atoms with Gasteiger partial charge in [-0.05, 0) is 17.2 Å². The number of ketones is 1. The van der Waals surface area contributed by atoms with Crippen molar-refractivity contribution < 1.29 is 9.72 Å². The van der Waals surface area contributed by atoms with Crippen molar-refractivity contribution >= 4 is 16.7 Å². The van der Waals surface area contributed by atoms with E-state index in [0.29, 0.717) is 5.56 Å². The Kier molecular flexibility index (Phi) is 4.72. The molecule has 0 amide bonds. The summed E-state index contributed by atoms with van der Waals surface area (Å²) in [6.07, 6.45) is 1.77. The Morgan fingerprint density at radius 3 is 2.14 bits per heavy atom. The minimum atomic E-state index is -1.43. The molecule has 138 valence electrons. The van der Waals surface area contributed by atoms with E-state index in [1.54, 1.807) is 36.5 Å². The number of rotatable bonds is 6. The summed E-state index contributed by atoms with van der Waals surface area (Å²) in [7, 11) is 0. The third-order valence-electron chi connectivity index (χ3n) is 4.98. The second-order valence-corrected chi connectivity index (χ2v) is 6.64. The second-order valence-electron chi connectivity index (χ2n) is 6.64. The molecule has 0 saturated carbocycles. The molecule has 28 heavy (non-hydrogen) atoms. The molecule has 0 bridgehead atoms. The molecule has 4 aromatic rings. The third-order valence-corrected chi connectivity index (χ3v) is 4.98. The number of aromatic amines is 1. The topological polar surface area (TPSA) is 76.0 Å². The van der Waals surface area contributed by atoms with Crippen LogP contribution in [0, 0.1) is 10.1 Å². The van der Waals surface area contributed by atoms with Crippen molar-refractivity contribution in [2.45, 2.75) is 12.0 Å². The molecule has 0 fully saturated rings. The van der Waals surface area contributed by atoms with Gasteiger partial charge >= 0.3 is 0 Å². The minimum absolute atomic E-state index is 0.338. The summed E-state index contributed by atoms with van der Waals surface area (Å²) in [6.45, 7) is 0. The van der Waals surface area contributed by atoms with Crippen LogP contribution >= 0.6 is 0 Å². The zero-order valence-electron chi connectivity index (χ0n) is 15.0. The number of nitrogens with one attached hydrogen (secondary N) is 1. The van der Waals surface area contributed by atoms with E-state index in [-0.39, 0.29) is 0 Å². The molecule has 0 unspecified atom stereocenters. The number of aromatic nitrogens is 1. The fourth-order valence-electron chi connectivity index (χ4n) is 3.69. The number of nitrogens with zero attached hydrogens (tertiary/aromatic N) is 1. The molecular formula is C23H18N2O3. The van der Waals surface area contributed by atoms with E-state index in [2.05, 4.69) is 4.98 Å². The lowest BCUT2D eigenvalue weighted by Crippen LogP contribution is -2.36. The van der Waals surface area contributed by atoms with E-state index in [9.17, 15) is 14.9 Å². The number of carbonyl (C=O) groups is 1. The number of Topliss-reactive ketones (excluding diaryl/α,β-unsaturated/α-hetero) is 1. The molecule has 4 rings (SSSR count). The molecule has 5 nitrogen and oxygen atoms in total. The molecule has 0 aliphatic heterocycles. The molecule has 1 heterocycles. The van der Waals surface area contributed by atoms with Gasteiger partial charge in [0, 0.05) is 27.6 Å². The highest BCUT2D eigenvalue weighted by Crippen LogP contribution is 2.35. The highest BCUT2D eigenvalue weighted by atomic mass is 16.6. The summed E-state index contributed by atoms with van der Waals surface area (Å²) in [5.41, 5.74) is 2.70. The van der Waals surface area contributed by atoms with Crippen molar-refractivity contribution in [1.29, 1.82) is 0 Å². The maximum absolute atomic E-state index is 13.2. The largest absolute Gasteiger partial charge is 0.361 e. The number of benzene rings is 3. The zero-order chi connectivity index (χ0) is 19.5. The summed E-state index contributed by atoms with van der Waals surface area (Å²) in [5, 5.41) is 13.0.